The Balaban J connectivity index is 2.01. The molecule has 5 nitrogen and oxygen atoms in total. The van der Waals surface area contributed by atoms with E-state index >= 15 is 0 Å². The van der Waals surface area contributed by atoms with Gasteiger partial charge in [-0.25, -0.2) is 9.18 Å². The van der Waals surface area contributed by atoms with Gasteiger partial charge in [-0.05, 0) is 36.8 Å². The van der Waals surface area contributed by atoms with Crippen LogP contribution in [0, 0.1) is 12.7 Å². The lowest BCUT2D eigenvalue weighted by atomic mass is 10.1. The molecule has 2 aromatic carbocycles. The minimum absolute atomic E-state index is 0.0506. The summed E-state index contributed by atoms with van der Waals surface area (Å²) in [5.41, 5.74) is 1.27. The van der Waals surface area contributed by atoms with Crippen LogP contribution >= 0.6 is 0 Å². The third kappa shape index (κ3) is 4.39. The summed E-state index contributed by atoms with van der Waals surface area (Å²) in [6, 6.07) is 10.1. The molecule has 0 aromatic heterocycles. The molecule has 0 atom stereocenters. The fraction of sp³-hybridized carbons (Fsp3) is 0.235. The van der Waals surface area contributed by atoms with Crippen molar-refractivity contribution in [2.24, 2.45) is 0 Å². The number of aryl methyl sites for hydroxylation is 1. The first-order valence-electron chi connectivity index (χ1n) is 7.16. The van der Waals surface area contributed by atoms with E-state index in [9.17, 15) is 17.6 Å². The highest BCUT2D eigenvalue weighted by Crippen LogP contribution is 2.16. The largest absolute Gasteiger partial charge is 0.465 e. The summed E-state index contributed by atoms with van der Waals surface area (Å²) in [4.78, 5) is 11.4. The molecular weight excluding hydrogens is 335 g/mol. The molecule has 0 N–H and O–H groups in total. The topological polar surface area (TPSA) is 69.7 Å². The monoisotopic (exact) mass is 352 g/mol. The summed E-state index contributed by atoms with van der Waals surface area (Å²) >= 11 is 0. The van der Waals surface area contributed by atoms with Gasteiger partial charge in [0.1, 0.15) is 5.82 Å². The lowest BCUT2D eigenvalue weighted by molar-refractivity contribution is 0.0600. The van der Waals surface area contributed by atoms with E-state index in [-0.39, 0.29) is 29.1 Å². The smallest absolute Gasteiger partial charge is 0.337 e. The molecule has 24 heavy (non-hydrogen) atoms. The Labute approximate surface area is 140 Å². The van der Waals surface area contributed by atoms with Crippen LogP contribution in [-0.2, 0) is 25.5 Å². The van der Waals surface area contributed by atoms with Gasteiger partial charge in [0.15, 0.2) is 0 Å². The van der Waals surface area contributed by atoms with E-state index in [2.05, 4.69) is 4.74 Å². The zero-order valence-corrected chi connectivity index (χ0v) is 14.1. The van der Waals surface area contributed by atoms with Crippen LogP contribution in [0.25, 0.3) is 0 Å². The van der Waals surface area contributed by atoms with Gasteiger partial charge in [-0.2, -0.15) is 8.42 Å². The molecule has 2 rings (SSSR count). The Hall–Kier alpha value is -2.25. The highest BCUT2D eigenvalue weighted by atomic mass is 32.2. The van der Waals surface area contributed by atoms with Crippen molar-refractivity contribution in [1.82, 2.24) is 0 Å². The van der Waals surface area contributed by atoms with E-state index in [1.54, 1.807) is 12.1 Å². The van der Waals surface area contributed by atoms with Crippen LogP contribution in [0.4, 0.5) is 4.39 Å². The molecule has 0 heterocycles. The van der Waals surface area contributed by atoms with E-state index in [4.69, 9.17) is 4.18 Å². The standard InChI is InChI=1S/C17H17FO5S/c1-12-3-7-15(8-4-12)24(20,21)23-10-9-13-5-6-14(11-16(13)18)17(19)22-2/h3-8,11H,9-10H2,1-2H3. The van der Waals surface area contributed by atoms with Crippen LogP contribution in [-0.4, -0.2) is 28.1 Å². The molecule has 0 fully saturated rings. The van der Waals surface area contributed by atoms with Gasteiger partial charge in [-0.15, -0.1) is 0 Å². The van der Waals surface area contributed by atoms with E-state index in [1.165, 1.54) is 31.4 Å². The molecule has 0 radical (unpaired) electrons. The fourth-order valence-corrected chi connectivity index (χ4v) is 2.94. The molecule has 0 unspecified atom stereocenters. The predicted octanol–water partition coefficient (Wildman–Crippen LogP) is 2.87. The summed E-state index contributed by atoms with van der Waals surface area (Å²) < 4.78 is 47.4. The molecule has 2 aromatic rings. The van der Waals surface area contributed by atoms with Crippen molar-refractivity contribution < 1.29 is 26.5 Å². The Morgan fingerprint density at radius 1 is 1.12 bits per heavy atom. The average Bonchev–Trinajstić information content (AvgIpc) is 2.56. The van der Waals surface area contributed by atoms with Gasteiger partial charge in [-0.1, -0.05) is 23.8 Å². The van der Waals surface area contributed by atoms with Gasteiger partial charge in [0.2, 0.25) is 0 Å². The van der Waals surface area contributed by atoms with E-state index in [0.717, 1.165) is 11.6 Å². The Morgan fingerprint density at radius 3 is 2.38 bits per heavy atom. The third-order valence-electron chi connectivity index (χ3n) is 3.39. The Bertz CT molecular complexity index is 829. The predicted molar refractivity (Wildman–Crippen MR) is 85.8 cm³/mol. The van der Waals surface area contributed by atoms with Crippen molar-refractivity contribution in [2.45, 2.75) is 18.2 Å². The van der Waals surface area contributed by atoms with Crippen LogP contribution in [0.5, 0.6) is 0 Å². The van der Waals surface area contributed by atoms with Crippen LogP contribution in [0.15, 0.2) is 47.4 Å². The van der Waals surface area contributed by atoms with Crippen molar-refractivity contribution >= 4 is 16.1 Å². The number of carbonyl (C=O) groups excluding carboxylic acids is 1. The third-order valence-corrected chi connectivity index (χ3v) is 4.72. The number of carbonyl (C=O) groups is 1. The van der Waals surface area contributed by atoms with Gasteiger partial charge in [0.05, 0.1) is 24.2 Å². The molecule has 0 bridgehead atoms. The normalized spacial score (nSPS) is 11.3. The quantitative estimate of drug-likeness (QED) is 0.591. The second kappa shape index (κ2) is 7.55. The molecule has 7 heteroatoms. The lowest BCUT2D eigenvalue weighted by Gasteiger charge is -2.07. The second-order valence-corrected chi connectivity index (χ2v) is 6.75. The molecule has 0 amide bonds. The Kier molecular flexibility index (Phi) is 5.69. The molecule has 0 saturated heterocycles. The van der Waals surface area contributed by atoms with Crippen LogP contribution < -0.4 is 0 Å². The van der Waals surface area contributed by atoms with E-state index in [1.807, 2.05) is 6.92 Å². The summed E-state index contributed by atoms with van der Waals surface area (Å²) in [6.07, 6.45) is 0.0539. The zero-order chi connectivity index (χ0) is 17.7. The van der Waals surface area contributed by atoms with Crippen LogP contribution in [0.3, 0.4) is 0 Å². The van der Waals surface area contributed by atoms with Gasteiger partial charge in [0, 0.05) is 6.42 Å². The maximum absolute atomic E-state index is 13.9. The minimum atomic E-state index is -3.88. The highest BCUT2D eigenvalue weighted by molar-refractivity contribution is 7.86. The number of halogens is 1. The van der Waals surface area contributed by atoms with Gasteiger partial charge < -0.3 is 4.74 Å². The minimum Gasteiger partial charge on any atom is -0.465 e. The molecule has 0 aliphatic heterocycles. The number of hydrogen-bond donors (Lipinski definition) is 0. The van der Waals surface area contributed by atoms with E-state index < -0.39 is 21.9 Å². The van der Waals surface area contributed by atoms with Gasteiger partial charge >= 0.3 is 5.97 Å². The van der Waals surface area contributed by atoms with Crippen molar-refractivity contribution in [3.05, 3.63) is 65.0 Å². The first-order valence-corrected chi connectivity index (χ1v) is 8.57. The van der Waals surface area contributed by atoms with Crippen LogP contribution in [0.2, 0.25) is 0 Å². The van der Waals surface area contributed by atoms with Crippen LogP contribution in [0.1, 0.15) is 21.5 Å². The molecule has 0 spiro atoms. The Morgan fingerprint density at radius 2 is 1.79 bits per heavy atom. The van der Waals surface area contributed by atoms with Crippen molar-refractivity contribution in [2.75, 3.05) is 13.7 Å². The number of ether oxygens (including phenoxy) is 1. The average molecular weight is 352 g/mol. The maximum atomic E-state index is 13.9. The maximum Gasteiger partial charge on any atom is 0.337 e. The SMILES string of the molecule is COC(=O)c1ccc(CCOS(=O)(=O)c2ccc(C)cc2)c(F)c1. The van der Waals surface area contributed by atoms with Gasteiger partial charge in [-0.3, -0.25) is 4.18 Å². The van der Waals surface area contributed by atoms with Crippen molar-refractivity contribution in [1.29, 1.82) is 0 Å². The molecular formula is C17H17FO5S. The molecule has 0 saturated carbocycles. The number of methoxy groups -OCH3 is 1. The lowest BCUT2D eigenvalue weighted by Crippen LogP contribution is -2.10. The number of hydrogen-bond acceptors (Lipinski definition) is 5. The molecule has 0 aliphatic carbocycles. The van der Waals surface area contributed by atoms with E-state index in [0.29, 0.717) is 0 Å². The first-order chi connectivity index (χ1) is 11.3. The second-order valence-electron chi connectivity index (χ2n) is 5.14. The zero-order valence-electron chi connectivity index (χ0n) is 13.3. The fourth-order valence-electron chi connectivity index (χ4n) is 2.03. The summed E-state index contributed by atoms with van der Waals surface area (Å²) in [7, 11) is -2.68. The first kappa shape index (κ1) is 18.1. The highest BCUT2D eigenvalue weighted by Gasteiger charge is 2.16. The van der Waals surface area contributed by atoms with Crippen molar-refractivity contribution in [3.8, 4) is 0 Å². The van der Waals surface area contributed by atoms with Gasteiger partial charge in [0.25, 0.3) is 10.1 Å². The molecule has 0 aliphatic rings. The summed E-state index contributed by atoms with van der Waals surface area (Å²) in [5.74, 6) is -1.26. The number of rotatable bonds is 6. The number of esters is 1. The summed E-state index contributed by atoms with van der Waals surface area (Å²) in [6.45, 7) is 1.64. The number of benzene rings is 2. The van der Waals surface area contributed by atoms with Crippen molar-refractivity contribution in [3.63, 3.8) is 0 Å². The molecule has 128 valence electrons. The summed E-state index contributed by atoms with van der Waals surface area (Å²) in [5, 5.41) is 0.